The van der Waals surface area contributed by atoms with Crippen LogP contribution in [0, 0.1) is 0 Å². The first kappa shape index (κ1) is 10.3. The number of fused-ring (bicyclic) bond motifs is 5. The molecule has 19 heavy (non-hydrogen) atoms. The van der Waals surface area contributed by atoms with Crippen LogP contribution in [0.1, 0.15) is 0 Å². The largest absolute Gasteiger partial charge is 0.398 e. The molecule has 90 valence electrons. The van der Waals surface area contributed by atoms with E-state index in [-0.39, 0.29) is 0 Å². The highest BCUT2D eigenvalue weighted by atomic mass is 14.7. The van der Waals surface area contributed by atoms with E-state index in [4.69, 9.17) is 5.73 Å². The molecule has 0 aliphatic heterocycles. The first-order valence-corrected chi connectivity index (χ1v) is 6.15. The van der Waals surface area contributed by atoms with Crippen LogP contribution < -0.4 is 5.73 Å². The summed E-state index contributed by atoms with van der Waals surface area (Å²) in [7, 11) is 0. The van der Waals surface area contributed by atoms with Gasteiger partial charge >= 0.3 is 0 Å². The number of rotatable bonds is 0. The Morgan fingerprint density at radius 3 is 2.42 bits per heavy atom. The molecule has 0 bridgehead atoms. The lowest BCUT2D eigenvalue weighted by Crippen LogP contribution is -1.91. The van der Waals surface area contributed by atoms with E-state index in [9.17, 15) is 0 Å². The number of aromatic nitrogens is 2. The fraction of sp³-hybridized carbons (Fsp3) is 0. The van der Waals surface area contributed by atoms with Crippen LogP contribution in [0.5, 0.6) is 0 Å². The van der Waals surface area contributed by atoms with Crippen LogP contribution in [0.4, 0.5) is 5.69 Å². The number of nitrogens with zero attached hydrogens (tertiary/aromatic N) is 2. The lowest BCUT2D eigenvalue weighted by atomic mass is 10.0. The van der Waals surface area contributed by atoms with Crippen molar-refractivity contribution in [1.29, 1.82) is 0 Å². The van der Waals surface area contributed by atoms with Gasteiger partial charge in [-0.05, 0) is 41.8 Å². The Morgan fingerprint density at radius 2 is 1.53 bits per heavy atom. The molecule has 2 aromatic carbocycles. The Bertz CT molecular complexity index is 929. The normalized spacial score (nSPS) is 11.4. The number of hydrogen-bond donors (Lipinski definition) is 1. The number of pyridine rings is 2. The standard InChI is InChI=1S/C16H11N3/c17-14-9-13-10-3-1-7-18-15(10)6-5-11(13)16-12(14)4-2-8-19-16/h1-9H,17H2. The molecule has 0 spiro atoms. The summed E-state index contributed by atoms with van der Waals surface area (Å²) < 4.78 is 0. The maximum absolute atomic E-state index is 6.15. The average Bonchev–Trinajstić information content (AvgIpc) is 2.47. The van der Waals surface area contributed by atoms with Crippen LogP contribution >= 0.6 is 0 Å². The molecule has 0 amide bonds. The minimum atomic E-state index is 0.756. The molecular weight excluding hydrogens is 234 g/mol. The number of nitrogen functional groups attached to an aromatic ring is 1. The topological polar surface area (TPSA) is 51.8 Å². The molecule has 2 N–H and O–H groups in total. The number of benzene rings is 2. The Labute approximate surface area is 109 Å². The molecule has 0 aliphatic carbocycles. The van der Waals surface area contributed by atoms with E-state index in [2.05, 4.69) is 22.1 Å². The van der Waals surface area contributed by atoms with Crippen molar-refractivity contribution in [2.24, 2.45) is 0 Å². The van der Waals surface area contributed by atoms with Gasteiger partial charge in [-0.25, -0.2) is 0 Å². The molecule has 3 nitrogen and oxygen atoms in total. The molecule has 0 fully saturated rings. The molecular formula is C16H11N3. The Morgan fingerprint density at radius 1 is 0.737 bits per heavy atom. The minimum absolute atomic E-state index is 0.756. The van der Waals surface area contributed by atoms with Gasteiger partial charge in [-0.2, -0.15) is 0 Å². The van der Waals surface area contributed by atoms with Gasteiger partial charge in [0.05, 0.1) is 11.0 Å². The van der Waals surface area contributed by atoms with Gasteiger partial charge in [0.1, 0.15) is 0 Å². The van der Waals surface area contributed by atoms with Crippen molar-refractivity contribution >= 4 is 38.3 Å². The predicted molar refractivity (Wildman–Crippen MR) is 79.0 cm³/mol. The summed E-state index contributed by atoms with van der Waals surface area (Å²) in [5.74, 6) is 0. The Hall–Kier alpha value is -2.68. The van der Waals surface area contributed by atoms with Crippen molar-refractivity contribution < 1.29 is 0 Å². The van der Waals surface area contributed by atoms with E-state index in [1.54, 1.807) is 12.4 Å². The van der Waals surface area contributed by atoms with Crippen molar-refractivity contribution in [1.82, 2.24) is 9.97 Å². The zero-order valence-electron chi connectivity index (χ0n) is 10.2. The van der Waals surface area contributed by atoms with Crippen LogP contribution in [-0.4, -0.2) is 9.97 Å². The van der Waals surface area contributed by atoms with Gasteiger partial charge in [-0.15, -0.1) is 0 Å². The molecule has 2 heterocycles. The summed E-state index contributed by atoms with van der Waals surface area (Å²) in [4.78, 5) is 8.86. The van der Waals surface area contributed by atoms with E-state index < -0.39 is 0 Å². The zero-order valence-corrected chi connectivity index (χ0v) is 10.2. The summed E-state index contributed by atoms with van der Waals surface area (Å²) in [6.07, 6.45) is 3.60. The van der Waals surface area contributed by atoms with Crippen LogP contribution in [0.25, 0.3) is 32.6 Å². The molecule has 0 saturated carbocycles. The zero-order chi connectivity index (χ0) is 12.8. The second kappa shape index (κ2) is 3.65. The predicted octanol–water partition coefficient (Wildman–Crippen LogP) is 3.52. The van der Waals surface area contributed by atoms with Crippen molar-refractivity contribution in [3.05, 3.63) is 54.9 Å². The first-order valence-electron chi connectivity index (χ1n) is 6.15. The SMILES string of the molecule is Nc1cc2c3cccnc3ccc2c2ncccc12. The van der Waals surface area contributed by atoms with E-state index in [0.717, 1.165) is 38.3 Å². The minimum Gasteiger partial charge on any atom is -0.398 e. The maximum Gasteiger partial charge on any atom is 0.0801 e. The highest BCUT2D eigenvalue weighted by Crippen LogP contribution is 2.32. The summed E-state index contributed by atoms with van der Waals surface area (Å²) in [6, 6.07) is 14.0. The summed E-state index contributed by atoms with van der Waals surface area (Å²) in [5, 5.41) is 4.33. The van der Waals surface area contributed by atoms with Gasteiger partial charge in [0.25, 0.3) is 0 Å². The van der Waals surface area contributed by atoms with Gasteiger partial charge in [0.2, 0.25) is 0 Å². The molecule has 0 saturated heterocycles. The molecule has 2 aromatic heterocycles. The molecule has 0 atom stereocenters. The number of anilines is 1. The Balaban J connectivity index is 2.34. The maximum atomic E-state index is 6.15. The van der Waals surface area contributed by atoms with Crippen molar-refractivity contribution in [2.45, 2.75) is 0 Å². The third-order valence-corrected chi connectivity index (χ3v) is 3.50. The van der Waals surface area contributed by atoms with Gasteiger partial charge in [-0.1, -0.05) is 6.07 Å². The first-order chi connectivity index (χ1) is 9.34. The molecule has 4 aromatic rings. The summed E-state index contributed by atoms with van der Waals surface area (Å²) >= 11 is 0. The van der Waals surface area contributed by atoms with Gasteiger partial charge in [0, 0.05) is 34.2 Å². The third-order valence-electron chi connectivity index (χ3n) is 3.50. The summed E-state index contributed by atoms with van der Waals surface area (Å²) in [6.45, 7) is 0. The van der Waals surface area contributed by atoms with E-state index in [1.165, 1.54) is 0 Å². The summed E-state index contributed by atoms with van der Waals surface area (Å²) in [5.41, 5.74) is 8.83. The van der Waals surface area contributed by atoms with Crippen LogP contribution in [0.2, 0.25) is 0 Å². The van der Waals surface area contributed by atoms with Crippen LogP contribution in [0.15, 0.2) is 54.9 Å². The molecule has 3 heteroatoms. The smallest absolute Gasteiger partial charge is 0.0801 e. The van der Waals surface area contributed by atoms with Crippen LogP contribution in [-0.2, 0) is 0 Å². The number of nitrogens with two attached hydrogens (primary N) is 1. The van der Waals surface area contributed by atoms with Crippen LogP contribution in [0.3, 0.4) is 0 Å². The average molecular weight is 245 g/mol. The fourth-order valence-corrected chi connectivity index (χ4v) is 2.62. The van der Waals surface area contributed by atoms with Crippen molar-refractivity contribution in [2.75, 3.05) is 5.73 Å². The highest BCUT2D eigenvalue weighted by molar-refractivity contribution is 6.18. The monoisotopic (exact) mass is 245 g/mol. The second-order valence-corrected chi connectivity index (χ2v) is 4.60. The van der Waals surface area contributed by atoms with E-state index in [0.29, 0.717) is 0 Å². The molecule has 0 radical (unpaired) electrons. The van der Waals surface area contributed by atoms with Gasteiger partial charge in [0.15, 0.2) is 0 Å². The van der Waals surface area contributed by atoms with Gasteiger partial charge in [-0.3, -0.25) is 9.97 Å². The highest BCUT2D eigenvalue weighted by Gasteiger charge is 2.08. The quantitative estimate of drug-likeness (QED) is 0.381. The lowest BCUT2D eigenvalue weighted by Gasteiger charge is -2.08. The Kier molecular flexibility index (Phi) is 1.97. The van der Waals surface area contributed by atoms with Crippen molar-refractivity contribution in [3.63, 3.8) is 0 Å². The molecule has 0 aliphatic rings. The van der Waals surface area contributed by atoms with E-state index >= 15 is 0 Å². The van der Waals surface area contributed by atoms with Gasteiger partial charge < -0.3 is 5.73 Å². The fourth-order valence-electron chi connectivity index (χ4n) is 2.62. The lowest BCUT2D eigenvalue weighted by molar-refractivity contribution is 1.41. The third kappa shape index (κ3) is 1.38. The molecule has 0 unspecified atom stereocenters. The van der Waals surface area contributed by atoms with Crippen molar-refractivity contribution in [3.8, 4) is 0 Å². The second-order valence-electron chi connectivity index (χ2n) is 4.60. The molecule has 4 rings (SSSR count). The number of hydrogen-bond acceptors (Lipinski definition) is 3. The van der Waals surface area contributed by atoms with E-state index in [1.807, 2.05) is 30.3 Å².